The topological polar surface area (TPSA) is 218 Å². The van der Waals surface area contributed by atoms with Crippen molar-refractivity contribution >= 4 is 88.5 Å². The molecule has 2 aromatic carbocycles. The Balaban J connectivity index is 0.000000379. The van der Waals surface area contributed by atoms with Crippen LogP contribution >= 0.6 is 34.8 Å². The first-order chi connectivity index (χ1) is 37.6. The van der Waals surface area contributed by atoms with Crippen molar-refractivity contribution in [2.24, 2.45) is 21.7 Å². The maximum absolute atomic E-state index is 14.6. The predicted molar refractivity (Wildman–Crippen MR) is 258 cm³/mol. The molecule has 81 heavy (non-hydrogen) atoms. The normalized spacial score (nSPS) is 23.1. The van der Waals surface area contributed by atoms with Gasteiger partial charge in [-0.25, -0.2) is 18.7 Å². The number of rotatable bonds is 14. The Morgan fingerprint density at radius 1 is 0.840 bits per heavy atom. The van der Waals surface area contributed by atoms with E-state index in [9.17, 15) is 68.3 Å². The second-order valence-corrected chi connectivity index (χ2v) is 20.4. The number of ether oxygens (including phenoxy) is 2. The van der Waals surface area contributed by atoms with E-state index >= 15 is 0 Å². The Bertz CT molecular complexity index is 2980. The van der Waals surface area contributed by atoms with E-state index in [1.165, 1.54) is 43.4 Å². The van der Waals surface area contributed by atoms with Crippen LogP contribution in [0.2, 0.25) is 10.0 Å². The summed E-state index contributed by atoms with van der Waals surface area (Å²) >= 11 is 17.3. The molecule has 1 N–H and O–H groups in total. The van der Waals surface area contributed by atoms with Crippen molar-refractivity contribution < 1.29 is 198 Å². The van der Waals surface area contributed by atoms with Gasteiger partial charge in [-0.05, 0) is 86.1 Å². The van der Waals surface area contributed by atoms with E-state index in [1.54, 1.807) is 0 Å². The fraction of sp³-hybridized carbons (Fsp3) is 0.420. The summed E-state index contributed by atoms with van der Waals surface area (Å²) in [6.45, 7) is -1.05. The van der Waals surface area contributed by atoms with E-state index in [0.29, 0.717) is 30.4 Å². The molecular formula is C50H46Cl3F9K2N6O11. The molecule has 4 aromatic rings. The minimum absolute atomic E-state index is 0. The SMILES string of the molecule is COC(=O)C12CC(C(C(=O)Nc3ncc(Cl)cc3F)N(Cc3ccc(C(F)(F)F)cc3)C(=O)CCl)(C1)C2.COC(=O)C12CC(C3C(=O)N(c4ncc(Cl)cc4F)CC(=O)N3Cc3ccc(C(F)(F)F)cc3)(C1)C2.O=CO[O-].[2H]CF.[H-].[K+].[K+]. The van der Waals surface area contributed by atoms with Crippen LogP contribution in [0.4, 0.5) is 51.1 Å². The van der Waals surface area contributed by atoms with Crippen LogP contribution in [0.5, 0.6) is 0 Å². The molecule has 0 radical (unpaired) electrons. The second kappa shape index (κ2) is 28.1. The first kappa shape index (κ1) is 68.3. The van der Waals surface area contributed by atoms with Gasteiger partial charge < -0.3 is 36.2 Å². The molecule has 2 aromatic heterocycles. The van der Waals surface area contributed by atoms with E-state index in [1.807, 2.05) is 0 Å². The van der Waals surface area contributed by atoms with Gasteiger partial charge in [-0.3, -0.25) is 42.9 Å². The minimum atomic E-state index is -4.55. The molecule has 6 saturated carbocycles. The number of hydrogen-bond acceptors (Lipinski definition) is 13. The van der Waals surface area contributed by atoms with Gasteiger partial charge in [0.25, 0.3) is 12.4 Å². The summed E-state index contributed by atoms with van der Waals surface area (Å²) in [5.41, 5.74) is -4.06. The number of anilines is 2. The largest absolute Gasteiger partial charge is 1.00 e. The third kappa shape index (κ3) is 14.8. The first-order valence-corrected chi connectivity index (χ1v) is 24.3. The van der Waals surface area contributed by atoms with Crippen LogP contribution in [-0.2, 0) is 73.4 Å². The predicted octanol–water partition coefficient (Wildman–Crippen LogP) is 1.93. The number of nitrogens with one attached hydrogen (secondary N) is 1. The number of halogens is 12. The van der Waals surface area contributed by atoms with Crippen LogP contribution in [0.3, 0.4) is 0 Å². The van der Waals surface area contributed by atoms with Gasteiger partial charge in [-0.15, -0.1) is 11.6 Å². The van der Waals surface area contributed by atoms with Gasteiger partial charge in [0, 0.05) is 36.3 Å². The number of aromatic nitrogens is 2. The number of nitrogens with zero attached hydrogens (tertiary/aromatic N) is 5. The number of benzene rings is 2. The van der Waals surface area contributed by atoms with E-state index in [2.05, 4.69) is 20.2 Å². The van der Waals surface area contributed by atoms with Gasteiger partial charge in [-0.1, -0.05) is 47.5 Å². The summed E-state index contributed by atoms with van der Waals surface area (Å²) in [7, 11) is 1.53. The van der Waals surface area contributed by atoms with E-state index < -0.39 is 130 Å². The number of carbonyl (C=O) groups is 7. The molecule has 1 aliphatic heterocycles. The second-order valence-electron chi connectivity index (χ2n) is 19.2. The fourth-order valence-electron chi connectivity index (χ4n) is 11.3. The fourth-order valence-corrected chi connectivity index (χ4v) is 11.7. The third-order valence-electron chi connectivity index (χ3n) is 14.4. The molecule has 4 amide bonds. The molecular weight excluding hydrogens is 1220 g/mol. The molecule has 3 heterocycles. The molecule has 0 spiro atoms. The van der Waals surface area contributed by atoms with E-state index in [0.717, 1.165) is 58.6 Å². The van der Waals surface area contributed by atoms with Crippen LogP contribution < -0.4 is 118 Å². The number of pyridine rings is 2. The Morgan fingerprint density at radius 2 is 1.30 bits per heavy atom. The zero-order valence-corrected chi connectivity index (χ0v) is 51.7. The standard InChI is InChI=1S/C24H21Cl2F4N3O4.C24H20ClF4N3O4.CH3F.CH2O3.2K.H/c1-37-21(36)23-10-22(11-23,12-23)18(20(35)32-19-16(27)6-15(26)8-31-19)33(17(34)7-25)9-13-2-4-14(5-3-13)24(28,29)30;1-36-21(35)23-10-22(11-23,12-23)18-20(34)32(19-16(26)6-15(25)7-30-19)9-17(33)31(18)8-13-2-4-14(5-3-13)24(27,28)29;1-2;2-1-4-3;;;/h2-6,8,18H,7,9-12H2,1H3,(H,31,32,35);2-7,18H,8-12H2,1H3;1H3;1,3H;;;/q;;;;2*+1;-1/p-1/i;;1D;;;;. The molecule has 2 unspecified atom stereocenters. The quantitative estimate of drug-likeness (QED) is 0.0364. The Morgan fingerprint density at radius 3 is 1.73 bits per heavy atom. The maximum atomic E-state index is 14.6. The Hall–Kier alpha value is -3.50. The number of alkyl halides is 8. The summed E-state index contributed by atoms with van der Waals surface area (Å²) in [6, 6.07) is 8.13. The van der Waals surface area contributed by atoms with Crippen LogP contribution in [0.1, 0.15) is 63.6 Å². The van der Waals surface area contributed by atoms with Crippen molar-refractivity contribution in [3.8, 4) is 0 Å². The van der Waals surface area contributed by atoms with Crippen molar-refractivity contribution in [1.82, 2.24) is 19.8 Å². The average molecular weight is 1260 g/mol. The third-order valence-corrected chi connectivity index (χ3v) is 15.0. The number of amides is 4. The zero-order chi connectivity index (χ0) is 59.3. The zero-order valence-electron chi connectivity index (χ0n) is 45.2. The number of esters is 2. The van der Waals surface area contributed by atoms with Gasteiger partial charge in [-0.2, -0.15) is 26.3 Å². The minimum Gasteiger partial charge on any atom is -1.00 e. The van der Waals surface area contributed by atoms with Crippen LogP contribution in [0.15, 0.2) is 73.1 Å². The molecule has 6 aliphatic carbocycles. The maximum Gasteiger partial charge on any atom is 1.00 e. The molecule has 11 rings (SSSR count). The number of hydrogen-bond donors (Lipinski definition) is 1. The Kier molecular flexibility index (Phi) is 23.7. The van der Waals surface area contributed by atoms with Gasteiger partial charge >= 0.3 is 127 Å². The molecule has 4 bridgehead atoms. The van der Waals surface area contributed by atoms with Gasteiger partial charge in [0.2, 0.25) is 17.7 Å². The average Bonchev–Trinajstić information content (AvgIpc) is 2.03. The van der Waals surface area contributed by atoms with Crippen LogP contribution in [0.25, 0.3) is 0 Å². The first-order valence-electron chi connectivity index (χ1n) is 23.7. The van der Waals surface area contributed by atoms with Crippen molar-refractivity contribution in [2.75, 3.05) is 44.0 Å². The molecule has 2 atom stereocenters. The van der Waals surface area contributed by atoms with Crippen molar-refractivity contribution in [2.45, 2.75) is 76.1 Å². The van der Waals surface area contributed by atoms with Crippen LogP contribution in [-0.4, -0.2) is 108 Å². The summed E-state index contributed by atoms with van der Waals surface area (Å²) in [4.78, 5) is 100. The summed E-state index contributed by atoms with van der Waals surface area (Å²) in [5.74, 6) is -6.42. The number of methoxy groups -OCH3 is 2. The molecule has 7 aliphatic rings. The van der Waals surface area contributed by atoms with Crippen molar-refractivity contribution in [1.29, 1.82) is 0 Å². The van der Waals surface area contributed by atoms with Crippen LogP contribution in [0, 0.1) is 33.3 Å². The van der Waals surface area contributed by atoms with E-state index in [-0.39, 0.29) is 159 Å². The summed E-state index contributed by atoms with van der Waals surface area (Å²) in [6.07, 6.45) is -5.13. The Labute approximate surface area is 558 Å². The van der Waals surface area contributed by atoms with Crippen molar-refractivity contribution in [3.63, 3.8) is 0 Å². The molecule has 428 valence electrons. The van der Waals surface area contributed by atoms with Gasteiger partial charge in [0.05, 0.1) is 54.7 Å². The molecule has 7 fully saturated rings. The molecule has 31 heteroatoms. The number of piperazine rings is 1. The molecule has 17 nitrogen and oxygen atoms in total. The monoisotopic (exact) mass is 1260 g/mol. The number of carbonyl (C=O) groups excluding carboxylic acids is 7. The molecule has 1 saturated heterocycles. The smallest absolute Gasteiger partial charge is 1.00 e. The van der Waals surface area contributed by atoms with Crippen molar-refractivity contribution in [3.05, 3.63) is 117 Å². The van der Waals surface area contributed by atoms with Gasteiger partial charge in [0.1, 0.15) is 24.5 Å². The van der Waals surface area contributed by atoms with E-state index in [4.69, 9.17) is 55.7 Å². The summed E-state index contributed by atoms with van der Waals surface area (Å²) < 4.78 is 132. The summed E-state index contributed by atoms with van der Waals surface area (Å²) in [5, 5.41) is 10.8. The van der Waals surface area contributed by atoms with Gasteiger partial charge in [0.15, 0.2) is 23.3 Å².